The second kappa shape index (κ2) is 2.62. The molecule has 0 aliphatic carbocycles. The number of halogens is 1. The molecule has 1 heterocycles. The fourth-order valence-electron chi connectivity index (χ4n) is 0.302. The van der Waals surface area contributed by atoms with E-state index in [2.05, 4.69) is 10.3 Å². The van der Waals surface area contributed by atoms with E-state index in [9.17, 15) is 0 Å². The van der Waals surface area contributed by atoms with Crippen LogP contribution in [0.1, 0.15) is 0 Å². The van der Waals surface area contributed by atoms with Gasteiger partial charge in [-0.15, -0.1) is 0 Å². The molecule has 0 unspecified atom stereocenters. The Morgan fingerprint density at radius 2 is 1.86 bits per heavy atom. The van der Waals surface area contributed by atoms with Crippen LogP contribution in [0.3, 0.4) is 0 Å². The lowest BCUT2D eigenvalue weighted by atomic mass is 9.85. The Labute approximate surface area is 49.7 Å². The van der Waals surface area contributed by atoms with E-state index in [4.69, 9.17) is 11.8 Å². The third kappa shape index (κ3) is 1.73. The quantitative estimate of drug-likeness (QED) is 0.287. The van der Waals surface area contributed by atoms with Gasteiger partial charge in [0.15, 0.2) is 0 Å². The molecule has 7 heteroatoms. The van der Waals surface area contributed by atoms with Gasteiger partial charge in [-0.25, -0.2) is 0 Å². The van der Waals surface area contributed by atoms with Gasteiger partial charge in [0.25, 0.3) is 7.55 Å². The Hall–Kier alpha value is 0.365. The van der Waals surface area contributed by atoms with E-state index < -0.39 is 0 Å². The van der Waals surface area contributed by atoms with E-state index in [0.717, 1.165) is 0 Å². The van der Waals surface area contributed by atoms with Crippen LogP contribution in [0.5, 0.6) is 0 Å². The maximum Gasteiger partial charge on any atom is 0.302 e. The molecule has 7 heavy (non-hydrogen) atoms. The van der Waals surface area contributed by atoms with Crippen LogP contribution in [-0.4, -0.2) is 26.9 Å². The first-order valence-electron chi connectivity index (χ1n) is 1.84. The van der Waals surface area contributed by atoms with Crippen LogP contribution in [0.15, 0.2) is 0 Å². The number of nitrogens with zero attached hydrogens (tertiary/aromatic N) is 1. The highest BCUT2D eigenvalue weighted by Gasteiger charge is 2.09. The van der Waals surface area contributed by atoms with Gasteiger partial charge in [0.1, 0.15) is 0 Å². The maximum atomic E-state index is 5.39. The molecular weight excluding hydrogens is 110 g/mol. The largest absolute Gasteiger partial charge is 0.378 e. The van der Waals surface area contributed by atoms with Gasteiger partial charge < -0.3 is 10.3 Å². The molecule has 0 aromatic rings. The van der Waals surface area contributed by atoms with Gasteiger partial charge in [0.05, 0.1) is 0 Å². The summed E-state index contributed by atoms with van der Waals surface area (Å²) in [5, 5.41) is 5.47. The van der Waals surface area contributed by atoms with Crippen molar-refractivity contribution in [3.63, 3.8) is 0 Å². The summed E-state index contributed by atoms with van der Waals surface area (Å²) in [7, 11) is 4.88. The van der Waals surface area contributed by atoms with E-state index in [0.29, 0.717) is 0 Å². The van der Waals surface area contributed by atoms with Crippen molar-refractivity contribution in [1.82, 2.24) is 14.5 Å². The first kappa shape index (κ1) is 5.50. The van der Waals surface area contributed by atoms with Crippen LogP contribution in [-0.2, 0) is 0 Å². The monoisotopic (exact) mass is 112 g/mol. The van der Waals surface area contributed by atoms with Crippen molar-refractivity contribution in [2.75, 3.05) is 0 Å². The summed E-state index contributed by atoms with van der Waals surface area (Å²) >= 11 is 5.39. The van der Waals surface area contributed by atoms with Gasteiger partial charge in [-0.05, 0) is 11.8 Å². The minimum atomic E-state index is 1.36. The maximum absolute atomic E-state index is 5.39. The van der Waals surface area contributed by atoms with Crippen LogP contribution < -0.4 is 10.3 Å². The number of hydrogen-bond acceptors (Lipinski definition) is 3. The fourth-order valence-corrected chi connectivity index (χ4v) is 0.415. The van der Waals surface area contributed by atoms with Gasteiger partial charge in [0.2, 0.25) is 0 Å². The minimum absolute atomic E-state index is 1.36. The van der Waals surface area contributed by atoms with E-state index in [-0.39, 0.29) is 0 Å². The Balaban J connectivity index is 2.12. The minimum Gasteiger partial charge on any atom is -0.378 e. The molecule has 0 aromatic carbocycles. The van der Waals surface area contributed by atoms with Crippen molar-refractivity contribution in [2.24, 2.45) is 0 Å². The summed E-state index contributed by atoms with van der Waals surface area (Å²) in [5.41, 5.74) is 0. The predicted octanol–water partition coefficient (Wildman–Crippen LogP) is -1.76. The Morgan fingerprint density at radius 1 is 1.29 bits per heavy atom. The van der Waals surface area contributed by atoms with Gasteiger partial charge in [-0.2, -0.15) is 0 Å². The fraction of sp³-hybridized carbons (Fsp3) is 0. The van der Waals surface area contributed by atoms with Crippen LogP contribution >= 0.6 is 11.8 Å². The first-order valence-corrected chi connectivity index (χ1v) is 2.18. The highest BCUT2D eigenvalue weighted by Crippen LogP contribution is 1.83. The molecule has 1 aliphatic heterocycles. The molecule has 1 aliphatic rings. The van der Waals surface area contributed by atoms with Crippen LogP contribution in [0, 0.1) is 0 Å². The molecule has 33 valence electrons. The molecule has 0 aromatic heterocycles. The second-order valence-electron chi connectivity index (χ2n) is 1.08. The van der Waals surface area contributed by atoms with E-state index in [1.165, 1.54) is 4.24 Å². The second-order valence-corrected chi connectivity index (χ2v) is 1.47. The van der Waals surface area contributed by atoms with Crippen LogP contribution in [0.25, 0.3) is 0 Å². The number of hydrogen-bond donors (Lipinski definition) is 2. The third-order valence-corrected chi connectivity index (χ3v) is 0.758. The molecule has 2 N–H and O–H groups in total. The Morgan fingerprint density at radius 3 is 2.14 bits per heavy atom. The zero-order valence-electron chi connectivity index (χ0n) is 3.56. The van der Waals surface area contributed by atoms with E-state index in [1.54, 1.807) is 22.6 Å². The van der Waals surface area contributed by atoms with Crippen LogP contribution in [0.4, 0.5) is 0 Å². The van der Waals surface area contributed by atoms with Crippen molar-refractivity contribution in [1.29, 1.82) is 0 Å². The standard InChI is InChI=1S/B3ClH2N3/c4-7-2-5-1-6-3-7/h5-6H. The predicted molar refractivity (Wildman–Crippen MR) is 31.2 cm³/mol. The summed E-state index contributed by atoms with van der Waals surface area (Å²) in [6.07, 6.45) is 0. The molecular formula is H2B3ClN3. The number of nitrogens with one attached hydrogen (secondary N) is 2. The highest BCUT2D eigenvalue weighted by atomic mass is 35.5. The molecule has 0 amide bonds. The van der Waals surface area contributed by atoms with Crippen molar-refractivity contribution in [3.8, 4) is 0 Å². The average molecular weight is 112 g/mol. The van der Waals surface area contributed by atoms with E-state index in [1.807, 2.05) is 0 Å². The molecule has 0 saturated carbocycles. The van der Waals surface area contributed by atoms with Gasteiger partial charge >= 0.3 is 15.1 Å². The zero-order valence-corrected chi connectivity index (χ0v) is 4.31. The van der Waals surface area contributed by atoms with Crippen molar-refractivity contribution in [3.05, 3.63) is 0 Å². The molecule has 3 nitrogen and oxygen atoms in total. The van der Waals surface area contributed by atoms with Crippen LogP contribution in [0.2, 0.25) is 0 Å². The van der Waals surface area contributed by atoms with Crippen molar-refractivity contribution < 1.29 is 0 Å². The first-order chi connectivity index (χ1) is 3.39. The summed E-state index contributed by atoms with van der Waals surface area (Å²) in [6, 6.07) is 0. The summed E-state index contributed by atoms with van der Waals surface area (Å²) in [5.74, 6) is 0. The highest BCUT2D eigenvalue weighted by molar-refractivity contribution is 6.71. The van der Waals surface area contributed by atoms with Gasteiger partial charge in [0, 0.05) is 0 Å². The van der Waals surface area contributed by atoms with Crippen molar-refractivity contribution in [2.45, 2.75) is 0 Å². The zero-order chi connectivity index (χ0) is 5.11. The molecule has 1 fully saturated rings. The third-order valence-electron chi connectivity index (χ3n) is 0.562. The SMILES string of the molecule is ClN1[B]N[B]N[B]1. The number of rotatable bonds is 0. The summed E-state index contributed by atoms with van der Waals surface area (Å²) in [4.78, 5) is 0. The lowest BCUT2D eigenvalue weighted by Crippen LogP contribution is -2.54. The molecule has 0 spiro atoms. The lowest BCUT2D eigenvalue weighted by Gasteiger charge is -2.16. The van der Waals surface area contributed by atoms with Gasteiger partial charge in [-0.3, -0.25) is 4.24 Å². The van der Waals surface area contributed by atoms with Crippen molar-refractivity contribution >= 4 is 34.4 Å². The Kier molecular flexibility index (Phi) is 2.06. The normalized spacial score (nSPS) is 21.9. The molecule has 1 saturated heterocycles. The summed E-state index contributed by atoms with van der Waals surface area (Å²) < 4.78 is 1.36. The Bertz CT molecular complexity index is 52.1. The molecule has 0 bridgehead atoms. The molecule has 0 atom stereocenters. The lowest BCUT2D eigenvalue weighted by molar-refractivity contribution is 1.03. The molecule has 1 rings (SSSR count). The average Bonchev–Trinajstić information content (AvgIpc) is 1.69. The smallest absolute Gasteiger partial charge is 0.302 e. The van der Waals surface area contributed by atoms with Gasteiger partial charge in [-0.1, -0.05) is 0 Å². The molecule has 3 radical (unpaired) electrons. The van der Waals surface area contributed by atoms with E-state index >= 15 is 0 Å². The summed E-state index contributed by atoms with van der Waals surface area (Å²) in [6.45, 7) is 0. The topological polar surface area (TPSA) is 27.3 Å².